The first-order chi connectivity index (χ1) is 9.34. The highest BCUT2D eigenvalue weighted by molar-refractivity contribution is 5.84. The summed E-state index contributed by atoms with van der Waals surface area (Å²) >= 11 is 0. The highest BCUT2D eigenvalue weighted by Gasteiger charge is 2.68. The number of hydrogen-bond donors (Lipinski definition) is 2. The zero-order valence-corrected chi connectivity index (χ0v) is 12.4. The van der Waals surface area contributed by atoms with Crippen molar-refractivity contribution in [2.45, 2.75) is 34.2 Å². The number of imidazole rings is 1. The van der Waals surface area contributed by atoms with Crippen molar-refractivity contribution in [3.8, 4) is 0 Å². The van der Waals surface area contributed by atoms with E-state index in [1.807, 2.05) is 24.3 Å². The first kappa shape index (κ1) is 13.2. The van der Waals surface area contributed by atoms with Gasteiger partial charge >= 0.3 is 0 Å². The Morgan fingerprint density at radius 3 is 2.50 bits per heavy atom. The number of carbonyl (C=O) groups excluding carboxylic acids is 1. The number of hydrogen-bond acceptors (Lipinski definition) is 2. The van der Waals surface area contributed by atoms with Crippen LogP contribution >= 0.6 is 0 Å². The van der Waals surface area contributed by atoms with Crippen molar-refractivity contribution < 1.29 is 4.79 Å². The van der Waals surface area contributed by atoms with Gasteiger partial charge in [-0.2, -0.15) is 0 Å². The molecule has 4 heteroatoms. The van der Waals surface area contributed by atoms with Crippen LogP contribution in [0.4, 0.5) is 0 Å². The minimum absolute atomic E-state index is 0.0744. The molecule has 0 aliphatic heterocycles. The molecule has 1 fully saturated rings. The molecule has 4 nitrogen and oxygen atoms in total. The van der Waals surface area contributed by atoms with Crippen LogP contribution in [0.2, 0.25) is 0 Å². The number of H-pyrrole nitrogens is 1. The first-order valence-corrected chi connectivity index (χ1v) is 7.05. The maximum atomic E-state index is 12.3. The summed E-state index contributed by atoms with van der Waals surface area (Å²) in [5, 5.41) is 3.00. The summed E-state index contributed by atoms with van der Waals surface area (Å²) in [5.74, 6) is 1.01. The number of carbonyl (C=O) groups is 1. The van der Waals surface area contributed by atoms with Crippen LogP contribution in [-0.2, 0) is 11.3 Å². The summed E-state index contributed by atoms with van der Waals surface area (Å²) in [6.45, 7) is 9.06. The van der Waals surface area contributed by atoms with Crippen LogP contribution in [-0.4, -0.2) is 15.9 Å². The van der Waals surface area contributed by atoms with Gasteiger partial charge in [0.15, 0.2) is 0 Å². The zero-order valence-electron chi connectivity index (χ0n) is 12.4. The van der Waals surface area contributed by atoms with E-state index in [-0.39, 0.29) is 22.7 Å². The van der Waals surface area contributed by atoms with Crippen LogP contribution in [0.15, 0.2) is 24.3 Å². The fraction of sp³-hybridized carbons (Fsp3) is 0.500. The average molecular weight is 271 g/mol. The van der Waals surface area contributed by atoms with Gasteiger partial charge in [-0.15, -0.1) is 0 Å². The molecule has 1 aromatic carbocycles. The molecule has 3 rings (SSSR count). The van der Waals surface area contributed by atoms with Crippen molar-refractivity contribution in [3.05, 3.63) is 30.1 Å². The van der Waals surface area contributed by atoms with E-state index >= 15 is 0 Å². The van der Waals surface area contributed by atoms with Crippen LogP contribution in [0.5, 0.6) is 0 Å². The molecule has 1 amide bonds. The van der Waals surface area contributed by atoms with Crippen LogP contribution in [0.3, 0.4) is 0 Å². The van der Waals surface area contributed by atoms with E-state index in [0.29, 0.717) is 6.54 Å². The third-order valence-corrected chi connectivity index (χ3v) is 5.15. The van der Waals surface area contributed by atoms with E-state index in [2.05, 4.69) is 43.0 Å². The summed E-state index contributed by atoms with van der Waals surface area (Å²) in [7, 11) is 0. The minimum atomic E-state index is 0.0744. The highest BCUT2D eigenvalue weighted by atomic mass is 16.2. The van der Waals surface area contributed by atoms with Gasteiger partial charge < -0.3 is 10.3 Å². The fourth-order valence-electron chi connectivity index (χ4n) is 3.21. The van der Waals surface area contributed by atoms with E-state index < -0.39 is 0 Å². The van der Waals surface area contributed by atoms with Crippen molar-refractivity contribution >= 4 is 16.9 Å². The van der Waals surface area contributed by atoms with E-state index in [1.54, 1.807) is 0 Å². The summed E-state index contributed by atoms with van der Waals surface area (Å²) in [6.07, 6.45) is 0. The monoisotopic (exact) mass is 271 g/mol. The van der Waals surface area contributed by atoms with Crippen LogP contribution in [0.25, 0.3) is 11.0 Å². The summed E-state index contributed by atoms with van der Waals surface area (Å²) in [5.41, 5.74) is 2.09. The summed E-state index contributed by atoms with van der Waals surface area (Å²) < 4.78 is 0. The number of amides is 1. The Labute approximate surface area is 119 Å². The third kappa shape index (κ3) is 1.82. The SMILES string of the molecule is CC1(C)C(C(=O)NCc2nc3ccccc3[nH]2)C1(C)C. The maximum absolute atomic E-state index is 12.3. The maximum Gasteiger partial charge on any atom is 0.224 e. The van der Waals surface area contributed by atoms with Crippen molar-refractivity contribution in [3.63, 3.8) is 0 Å². The molecule has 0 spiro atoms. The van der Waals surface area contributed by atoms with Crippen molar-refractivity contribution in [1.82, 2.24) is 15.3 Å². The Morgan fingerprint density at radius 1 is 1.25 bits per heavy atom. The van der Waals surface area contributed by atoms with Gasteiger partial charge in [-0.25, -0.2) is 4.98 Å². The van der Waals surface area contributed by atoms with Crippen molar-refractivity contribution in [1.29, 1.82) is 0 Å². The summed E-state index contributed by atoms with van der Waals surface area (Å²) in [6, 6.07) is 7.88. The lowest BCUT2D eigenvalue weighted by atomic mass is 10.0. The van der Waals surface area contributed by atoms with Crippen LogP contribution in [0, 0.1) is 16.7 Å². The average Bonchev–Trinajstić information content (AvgIpc) is 2.72. The Hall–Kier alpha value is -1.84. The second-order valence-corrected chi connectivity index (χ2v) is 6.79. The van der Waals surface area contributed by atoms with E-state index in [0.717, 1.165) is 16.9 Å². The molecule has 1 heterocycles. The van der Waals surface area contributed by atoms with Crippen molar-refractivity contribution in [2.75, 3.05) is 0 Å². The quantitative estimate of drug-likeness (QED) is 0.902. The standard InChI is InChI=1S/C16H21N3O/c1-15(2)13(16(15,3)4)14(20)17-9-12-18-10-7-5-6-8-11(10)19-12/h5-8,13H,9H2,1-4H3,(H,17,20)(H,18,19). The van der Waals surface area contributed by atoms with Gasteiger partial charge in [0.2, 0.25) is 5.91 Å². The van der Waals surface area contributed by atoms with Crippen molar-refractivity contribution in [2.24, 2.45) is 16.7 Å². The molecule has 2 N–H and O–H groups in total. The first-order valence-electron chi connectivity index (χ1n) is 7.05. The molecular weight excluding hydrogens is 250 g/mol. The normalized spacial score (nSPS) is 20.0. The van der Waals surface area contributed by atoms with Crippen LogP contribution in [0.1, 0.15) is 33.5 Å². The Balaban J connectivity index is 1.67. The second kappa shape index (κ2) is 4.08. The smallest absolute Gasteiger partial charge is 0.224 e. The predicted octanol–water partition coefficient (Wildman–Crippen LogP) is 2.86. The summed E-state index contributed by atoms with van der Waals surface area (Å²) in [4.78, 5) is 20.0. The Bertz CT molecular complexity index is 622. The molecule has 0 unspecified atom stereocenters. The lowest BCUT2D eigenvalue weighted by molar-refractivity contribution is -0.123. The molecule has 0 saturated heterocycles. The van der Waals surface area contributed by atoms with Gasteiger partial charge in [0.25, 0.3) is 0 Å². The number of aromatic amines is 1. The van der Waals surface area contributed by atoms with Gasteiger partial charge in [0.1, 0.15) is 5.82 Å². The van der Waals surface area contributed by atoms with Gasteiger partial charge in [-0.05, 0) is 23.0 Å². The largest absolute Gasteiger partial charge is 0.349 e. The number of aromatic nitrogens is 2. The van der Waals surface area contributed by atoms with E-state index in [1.165, 1.54) is 0 Å². The molecule has 20 heavy (non-hydrogen) atoms. The number of para-hydroxylation sites is 2. The number of benzene rings is 1. The fourth-order valence-corrected chi connectivity index (χ4v) is 3.21. The lowest BCUT2D eigenvalue weighted by Gasteiger charge is -2.04. The lowest BCUT2D eigenvalue weighted by Crippen LogP contribution is -2.27. The van der Waals surface area contributed by atoms with Crippen LogP contribution < -0.4 is 5.32 Å². The molecule has 1 aliphatic rings. The molecule has 1 aromatic heterocycles. The Morgan fingerprint density at radius 2 is 1.90 bits per heavy atom. The molecule has 2 aromatic rings. The zero-order chi connectivity index (χ0) is 14.5. The number of nitrogens with one attached hydrogen (secondary N) is 2. The number of rotatable bonds is 3. The molecule has 0 radical (unpaired) electrons. The number of nitrogens with zero attached hydrogens (tertiary/aromatic N) is 1. The molecule has 1 aliphatic carbocycles. The van der Waals surface area contributed by atoms with Gasteiger partial charge in [-0.1, -0.05) is 39.8 Å². The third-order valence-electron chi connectivity index (χ3n) is 5.15. The minimum Gasteiger partial charge on any atom is -0.349 e. The van der Waals surface area contributed by atoms with Gasteiger partial charge in [-0.3, -0.25) is 4.79 Å². The molecule has 106 valence electrons. The molecular formula is C16H21N3O. The second-order valence-electron chi connectivity index (χ2n) is 6.79. The van der Waals surface area contributed by atoms with Gasteiger partial charge in [0, 0.05) is 5.92 Å². The van der Waals surface area contributed by atoms with E-state index in [9.17, 15) is 4.79 Å². The predicted molar refractivity (Wildman–Crippen MR) is 79.0 cm³/mol. The molecule has 0 bridgehead atoms. The topological polar surface area (TPSA) is 57.8 Å². The highest BCUT2D eigenvalue weighted by Crippen LogP contribution is 2.68. The Kier molecular flexibility index (Phi) is 2.68. The number of fused-ring (bicyclic) bond motifs is 1. The van der Waals surface area contributed by atoms with Gasteiger partial charge in [0.05, 0.1) is 17.6 Å². The molecule has 1 saturated carbocycles. The van der Waals surface area contributed by atoms with E-state index in [4.69, 9.17) is 0 Å². The molecule has 0 atom stereocenters.